The number of Topliss-reactive ketones (excluding diaryl/α,β-unsaturated/α-hetero) is 2. The van der Waals surface area contributed by atoms with E-state index in [1.807, 2.05) is 12.1 Å². The molecule has 51 heavy (non-hydrogen) atoms. The molecule has 0 radical (unpaired) electrons. The van der Waals surface area contributed by atoms with Gasteiger partial charge in [0.05, 0.1) is 24.0 Å². The second-order valence-electron chi connectivity index (χ2n) is 14.4. The summed E-state index contributed by atoms with van der Waals surface area (Å²) in [6.45, 7) is 0.883. The monoisotopic (exact) mass is 740 g/mol. The number of allylic oxidation sites excluding steroid dienone is 4. The Kier molecular flexibility index (Phi) is 10.1. The van der Waals surface area contributed by atoms with E-state index in [9.17, 15) is 35.4 Å². The van der Waals surface area contributed by atoms with Gasteiger partial charge >= 0.3 is 0 Å². The Hall–Kier alpha value is -2.95. The minimum Gasteiger partial charge on any atom is -0.511 e. The largest absolute Gasteiger partial charge is 0.511 e. The highest BCUT2D eigenvalue weighted by molar-refractivity contribution is 8.77. The van der Waals surface area contributed by atoms with E-state index in [1.165, 1.54) is 39.8 Å². The second-order valence-corrected chi connectivity index (χ2v) is 16.9. The molecule has 1 saturated carbocycles. The number of nitrogens with one attached hydrogen (secondary N) is 1. The van der Waals surface area contributed by atoms with Gasteiger partial charge in [-0.2, -0.15) is 0 Å². The molecule has 1 saturated heterocycles. The van der Waals surface area contributed by atoms with E-state index in [-0.39, 0.29) is 42.1 Å². The fraction of sp³-hybridized carbons (Fsp3) is 0.541. The number of rotatable bonds is 4. The van der Waals surface area contributed by atoms with E-state index in [1.54, 1.807) is 25.3 Å². The van der Waals surface area contributed by atoms with Gasteiger partial charge in [-0.15, -0.1) is 0 Å². The number of ketones is 2. The zero-order chi connectivity index (χ0) is 36.1. The summed E-state index contributed by atoms with van der Waals surface area (Å²) >= 11 is 0. The molecular formula is C37H44N2O10S2. The molecule has 6 bridgehead atoms. The second kappa shape index (κ2) is 14.1. The lowest BCUT2D eigenvalue weighted by atomic mass is 9.57. The summed E-state index contributed by atoms with van der Waals surface area (Å²) in [6, 6.07) is 8.30. The molecule has 2 aliphatic heterocycles. The topological polar surface area (TPSA) is 199 Å². The normalized spacial score (nSPS) is 34.7. The van der Waals surface area contributed by atoms with Crippen LogP contribution in [0.2, 0.25) is 0 Å². The van der Waals surface area contributed by atoms with Crippen LogP contribution in [0.1, 0.15) is 78.1 Å². The highest BCUT2D eigenvalue weighted by Crippen LogP contribution is 2.58. The average molecular weight is 741 g/mol. The number of aliphatic hydroxyl groups is 6. The molecule has 14 heteroatoms. The average Bonchev–Trinajstić information content (AvgIpc) is 3.60. The number of anilines is 1. The Morgan fingerprint density at radius 2 is 1.88 bits per heavy atom. The number of carbonyl (C=O) groups excluding carboxylic acids is 2. The van der Waals surface area contributed by atoms with Gasteiger partial charge in [0.2, 0.25) is 6.29 Å². The smallest absolute Gasteiger partial charge is 0.229 e. The maximum absolute atomic E-state index is 15.2. The number of aromatic nitrogens is 1. The van der Waals surface area contributed by atoms with Gasteiger partial charge in [0.25, 0.3) is 0 Å². The molecule has 1 aromatic heterocycles. The fourth-order valence-corrected chi connectivity index (χ4v) is 11.8. The van der Waals surface area contributed by atoms with Crippen LogP contribution in [0.25, 0.3) is 0 Å². The fourth-order valence-electron chi connectivity index (χ4n) is 8.92. The number of hydrogen-bond acceptors (Lipinski definition) is 14. The Morgan fingerprint density at radius 3 is 2.63 bits per heavy atom. The molecule has 7 N–H and O–H groups in total. The molecular weight excluding hydrogens is 697 g/mol. The highest BCUT2D eigenvalue weighted by atomic mass is 33.1. The van der Waals surface area contributed by atoms with Gasteiger partial charge in [-0.05, 0) is 74.3 Å². The lowest BCUT2D eigenvalue weighted by Gasteiger charge is -2.51. The van der Waals surface area contributed by atoms with Crippen molar-refractivity contribution >= 4 is 39.0 Å². The first-order valence-corrected chi connectivity index (χ1v) is 19.8. The van der Waals surface area contributed by atoms with Gasteiger partial charge in [-0.25, -0.2) is 4.98 Å². The zero-order valence-corrected chi connectivity index (χ0v) is 29.9. The van der Waals surface area contributed by atoms with Gasteiger partial charge in [0.15, 0.2) is 11.6 Å². The molecule has 274 valence electrons. The maximum Gasteiger partial charge on any atom is 0.229 e. The Bertz CT molecular complexity index is 1750. The van der Waals surface area contributed by atoms with Gasteiger partial charge in [0.1, 0.15) is 46.7 Å². The van der Waals surface area contributed by atoms with Gasteiger partial charge in [-0.3, -0.25) is 9.59 Å². The third kappa shape index (κ3) is 5.92. The van der Waals surface area contributed by atoms with E-state index in [2.05, 4.69) is 10.3 Å². The van der Waals surface area contributed by atoms with E-state index >= 15 is 4.79 Å². The number of pyridine rings is 1. The predicted octanol–water partition coefficient (Wildman–Crippen LogP) is 3.82. The van der Waals surface area contributed by atoms with Crippen molar-refractivity contribution in [2.45, 2.75) is 92.7 Å². The van der Waals surface area contributed by atoms with Gasteiger partial charge < -0.3 is 45.4 Å². The van der Waals surface area contributed by atoms with Crippen molar-refractivity contribution in [3.05, 3.63) is 76.7 Å². The number of ether oxygens (including phenoxy) is 2. The van der Waals surface area contributed by atoms with Crippen LogP contribution in [0.15, 0.2) is 60.0 Å². The van der Waals surface area contributed by atoms with Crippen molar-refractivity contribution < 1.29 is 49.7 Å². The first-order valence-electron chi connectivity index (χ1n) is 17.4. The molecule has 0 amide bonds. The van der Waals surface area contributed by atoms with Crippen LogP contribution in [0.3, 0.4) is 0 Å². The number of aliphatic hydroxyl groups excluding tert-OH is 5. The summed E-state index contributed by atoms with van der Waals surface area (Å²) in [7, 11) is 2.75. The molecule has 3 aliphatic carbocycles. The number of fused-ring (bicyclic) bond motifs is 5. The molecule has 8 unspecified atom stereocenters. The molecule has 5 aliphatic rings. The minimum atomic E-state index is -2.22. The van der Waals surface area contributed by atoms with Crippen LogP contribution in [0.4, 0.5) is 5.82 Å². The van der Waals surface area contributed by atoms with Crippen molar-refractivity contribution in [3.8, 4) is 5.75 Å². The number of nitrogens with zero attached hydrogens (tertiary/aromatic N) is 1. The van der Waals surface area contributed by atoms with E-state index in [0.717, 1.165) is 18.4 Å². The summed E-state index contributed by atoms with van der Waals surface area (Å²) in [4.78, 5) is 34.2. The quantitative estimate of drug-likeness (QED) is 0.223. The third-order valence-electron chi connectivity index (χ3n) is 11.4. The molecule has 2 fully saturated rings. The number of benzene rings is 1. The Balaban J connectivity index is 1.41. The molecule has 3 heterocycles. The summed E-state index contributed by atoms with van der Waals surface area (Å²) in [5.41, 5.74) is -3.18. The SMILES string of the molecule is CC1=CC2C(=O)c3cccc4c3C(=O)C2(C(O)=C1)C(CCCO)SSCNc1cc(ccn1)C1(CCCC1)CC1(O)C(O)C(CO)OC(O4)C1O. The van der Waals surface area contributed by atoms with Crippen LogP contribution >= 0.6 is 21.6 Å². The van der Waals surface area contributed by atoms with Crippen molar-refractivity contribution in [2.75, 3.05) is 24.4 Å². The number of hydrogen-bond donors (Lipinski definition) is 7. The standard InChI is InChI=1S/C37H44N2O10S2/c1-20-14-23-30(43)22-6-4-7-24-29(22)32(45)37(23,26(42)15-20)27(8-5-13-40)51-50-19-39-28-16-21(9-12-38-28)35(10-2-3-11-35)18-36(47)31(44)25(17-41)49-34(48-24)33(36)46/h4,6-7,9,12,14-16,23,25,27,31,33-34,40-42,44,46-47H,2-3,5,8,10-11,13,17-19H2,1H3,(H,38,39). The molecule has 1 aromatic carbocycles. The van der Waals surface area contributed by atoms with Crippen molar-refractivity contribution in [1.82, 2.24) is 4.98 Å². The zero-order valence-electron chi connectivity index (χ0n) is 28.2. The maximum atomic E-state index is 15.2. The Labute approximate surface area is 303 Å². The lowest BCUT2D eigenvalue weighted by Crippen LogP contribution is -2.69. The molecule has 12 nitrogen and oxygen atoms in total. The van der Waals surface area contributed by atoms with Crippen molar-refractivity contribution in [2.24, 2.45) is 11.3 Å². The number of carbonyl (C=O) groups is 2. The molecule has 8 atom stereocenters. The lowest BCUT2D eigenvalue weighted by molar-refractivity contribution is -0.318. The summed E-state index contributed by atoms with van der Waals surface area (Å²) in [6.07, 6.45) is 1.87. The Morgan fingerprint density at radius 1 is 1.10 bits per heavy atom. The first kappa shape index (κ1) is 36.4. The van der Waals surface area contributed by atoms with Crippen LogP contribution in [-0.4, -0.2) is 102 Å². The van der Waals surface area contributed by atoms with Crippen molar-refractivity contribution in [1.29, 1.82) is 0 Å². The molecule has 2 spiro atoms. The summed E-state index contributed by atoms with van der Waals surface area (Å²) in [5.74, 6) is -1.51. The van der Waals surface area contributed by atoms with E-state index in [0.29, 0.717) is 36.5 Å². The van der Waals surface area contributed by atoms with Crippen LogP contribution in [0, 0.1) is 11.3 Å². The van der Waals surface area contributed by atoms with E-state index < -0.39 is 70.4 Å². The highest BCUT2D eigenvalue weighted by Gasteiger charge is 2.63. The van der Waals surface area contributed by atoms with Crippen LogP contribution in [0.5, 0.6) is 5.75 Å². The summed E-state index contributed by atoms with van der Waals surface area (Å²) < 4.78 is 12.2. The molecule has 2 aromatic rings. The predicted molar refractivity (Wildman–Crippen MR) is 192 cm³/mol. The van der Waals surface area contributed by atoms with Crippen LogP contribution in [-0.2, 0) is 10.2 Å². The van der Waals surface area contributed by atoms with Gasteiger partial charge in [-0.1, -0.05) is 58.2 Å². The van der Waals surface area contributed by atoms with Gasteiger partial charge in [0, 0.05) is 23.6 Å². The van der Waals surface area contributed by atoms with Crippen molar-refractivity contribution in [3.63, 3.8) is 0 Å². The third-order valence-corrected chi connectivity index (χ3v) is 14.1. The van der Waals surface area contributed by atoms with E-state index in [4.69, 9.17) is 9.47 Å². The molecule has 7 rings (SSSR count). The summed E-state index contributed by atoms with van der Waals surface area (Å²) in [5, 5.41) is 70.5. The first-order chi connectivity index (χ1) is 24.5. The van der Waals surface area contributed by atoms with Crippen LogP contribution < -0.4 is 10.1 Å². The minimum absolute atomic E-state index is 0.0697.